The van der Waals surface area contributed by atoms with Gasteiger partial charge in [0.2, 0.25) is 11.8 Å². The number of benzene rings is 1. The highest BCUT2D eigenvalue weighted by atomic mass is 16.2. The average Bonchev–Trinajstić information content (AvgIpc) is 2.53. The lowest BCUT2D eigenvalue weighted by molar-refractivity contribution is -0.131. The fourth-order valence-electron chi connectivity index (χ4n) is 2.78. The average molecular weight is 290 g/mol. The van der Waals surface area contributed by atoms with Crippen LogP contribution in [0.5, 0.6) is 0 Å². The van der Waals surface area contributed by atoms with Crippen LogP contribution in [0.2, 0.25) is 0 Å². The highest BCUT2D eigenvalue weighted by Gasteiger charge is 2.32. The summed E-state index contributed by atoms with van der Waals surface area (Å²) in [6.07, 6.45) is 0.720. The largest absolute Gasteiger partial charge is 0.353 e. The maximum absolute atomic E-state index is 12.1. The molecule has 1 aromatic carbocycles. The number of piperazine rings is 1. The third-order valence-corrected chi connectivity index (χ3v) is 3.91. The van der Waals surface area contributed by atoms with Crippen molar-refractivity contribution in [2.75, 3.05) is 19.6 Å². The molecule has 1 fully saturated rings. The molecule has 0 aromatic heterocycles. The molecule has 21 heavy (non-hydrogen) atoms. The van der Waals surface area contributed by atoms with Gasteiger partial charge in [0.05, 0.1) is 12.0 Å². The third-order valence-electron chi connectivity index (χ3n) is 3.91. The zero-order chi connectivity index (χ0) is 15.2. The zero-order valence-electron chi connectivity index (χ0n) is 12.2. The molecular weight excluding hydrogens is 268 g/mol. The van der Waals surface area contributed by atoms with Crippen LogP contribution >= 0.6 is 0 Å². The van der Waals surface area contributed by atoms with Crippen LogP contribution in [0.4, 0.5) is 0 Å². The van der Waals surface area contributed by atoms with E-state index < -0.39 is 0 Å². The highest BCUT2D eigenvalue weighted by Crippen LogP contribution is 2.20. The molecule has 0 radical (unpaired) electrons. The first kappa shape index (κ1) is 15.5. The number of rotatable bonds is 5. The van der Waals surface area contributed by atoms with E-state index in [0.29, 0.717) is 13.1 Å². The van der Waals surface area contributed by atoms with E-state index in [2.05, 4.69) is 15.6 Å². The van der Waals surface area contributed by atoms with Gasteiger partial charge in [-0.25, -0.2) is 5.84 Å². The van der Waals surface area contributed by atoms with Crippen molar-refractivity contribution in [1.29, 1.82) is 0 Å². The van der Waals surface area contributed by atoms with Crippen molar-refractivity contribution in [3.63, 3.8) is 0 Å². The lowest BCUT2D eigenvalue weighted by atomic mass is 9.96. The number of hydrogen-bond acceptors (Lipinski definition) is 4. The van der Waals surface area contributed by atoms with Gasteiger partial charge in [0.15, 0.2) is 0 Å². The summed E-state index contributed by atoms with van der Waals surface area (Å²) in [5.74, 6) is 4.73. The van der Waals surface area contributed by atoms with Crippen LogP contribution in [0.3, 0.4) is 0 Å². The molecule has 1 aromatic rings. The van der Waals surface area contributed by atoms with E-state index in [-0.39, 0.29) is 23.8 Å². The minimum atomic E-state index is -0.379. The topological polar surface area (TPSA) is 87.5 Å². The summed E-state index contributed by atoms with van der Waals surface area (Å²) in [6, 6.07) is 9.33. The lowest BCUT2D eigenvalue weighted by Crippen LogP contribution is -2.56. The van der Waals surface area contributed by atoms with E-state index >= 15 is 0 Å². The SMILES string of the molecule is CCC1C(=O)NCCN1CC(C(=O)NN)c1ccccc1. The molecule has 1 aliphatic rings. The summed E-state index contributed by atoms with van der Waals surface area (Å²) in [5.41, 5.74) is 3.14. The Balaban J connectivity index is 2.18. The monoisotopic (exact) mass is 290 g/mol. The summed E-state index contributed by atoms with van der Waals surface area (Å²) < 4.78 is 0. The van der Waals surface area contributed by atoms with Crippen molar-refractivity contribution >= 4 is 11.8 Å². The van der Waals surface area contributed by atoms with Crippen LogP contribution in [0.25, 0.3) is 0 Å². The molecule has 6 nitrogen and oxygen atoms in total. The second kappa shape index (κ2) is 7.19. The van der Waals surface area contributed by atoms with Gasteiger partial charge in [-0.1, -0.05) is 37.3 Å². The van der Waals surface area contributed by atoms with Crippen molar-refractivity contribution in [2.45, 2.75) is 25.3 Å². The maximum Gasteiger partial charge on any atom is 0.242 e. The van der Waals surface area contributed by atoms with Gasteiger partial charge in [-0.05, 0) is 12.0 Å². The van der Waals surface area contributed by atoms with E-state index in [4.69, 9.17) is 5.84 Å². The van der Waals surface area contributed by atoms with Gasteiger partial charge in [0, 0.05) is 19.6 Å². The predicted molar refractivity (Wildman–Crippen MR) is 80.2 cm³/mol. The van der Waals surface area contributed by atoms with Crippen LogP contribution in [-0.2, 0) is 9.59 Å². The van der Waals surface area contributed by atoms with Gasteiger partial charge in [0.25, 0.3) is 0 Å². The number of carbonyl (C=O) groups is 2. The predicted octanol–water partition coefficient (Wildman–Crippen LogP) is -0.0295. The molecule has 0 bridgehead atoms. The number of carbonyl (C=O) groups excluding carboxylic acids is 2. The Hall–Kier alpha value is -1.92. The molecule has 2 rings (SSSR count). The molecule has 6 heteroatoms. The van der Waals surface area contributed by atoms with Crippen molar-refractivity contribution in [1.82, 2.24) is 15.6 Å². The van der Waals surface area contributed by atoms with Gasteiger partial charge >= 0.3 is 0 Å². The smallest absolute Gasteiger partial charge is 0.242 e. The number of hydrogen-bond donors (Lipinski definition) is 3. The first-order valence-electron chi connectivity index (χ1n) is 7.24. The number of nitrogens with zero attached hydrogens (tertiary/aromatic N) is 1. The van der Waals surface area contributed by atoms with E-state index in [9.17, 15) is 9.59 Å². The van der Waals surface area contributed by atoms with Gasteiger partial charge in [-0.3, -0.25) is 19.9 Å². The molecular formula is C15H22N4O2. The first-order chi connectivity index (χ1) is 10.2. The Labute approximate surface area is 124 Å². The van der Waals surface area contributed by atoms with Crippen LogP contribution in [0.1, 0.15) is 24.8 Å². The molecule has 2 unspecified atom stereocenters. The summed E-state index contributed by atoms with van der Waals surface area (Å²) in [5, 5.41) is 2.86. The quantitative estimate of drug-likeness (QED) is 0.404. The Morgan fingerprint density at radius 1 is 1.48 bits per heavy atom. The van der Waals surface area contributed by atoms with Gasteiger partial charge < -0.3 is 5.32 Å². The molecule has 4 N–H and O–H groups in total. The summed E-state index contributed by atoms with van der Waals surface area (Å²) in [6.45, 7) is 3.81. The van der Waals surface area contributed by atoms with E-state index in [0.717, 1.165) is 18.5 Å². The molecule has 114 valence electrons. The second-order valence-electron chi connectivity index (χ2n) is 5.18. The first-order valence-corrected chi connectivity index (χ1v) is 7.24. The Bertz CT molecular complexity index is 492. The molecule has 0 aliphatic carbocycles. The molecule has 0 saturated carbocycles. The minimum absolute atomic E-state index is 0.0312. The standard InChI is InChI=1S/C15H22N4O2/c1-2-13-15(21)17-8-9-19(13)10-12(14(20)18-16)11-6-4-3-5-7-11/h3-7,12-13H,2,8-10,16H2,1H3,(H,17,21)(H,18,20). The highest BCUT2D eigenvalue weighted by molar-refractivity contribution is 5.84. The van der Waals surface area contributed by atoms with E-state index in [1.54, 1.807) is 0 Å². The zero-order valence-corrected chi connectivity index (χ0v) is 12.2. The van der Waals surface area contributed by atoms with Gasteiger partial charge in [-0.15, -0.1) is 0 Å². The molecule has 1 aliphatic heterocycles. The summed E-state index contributed by atoms with van der Waals surface area (Å²) in [7, 11) is 0. The summed E-state index contributed by atoms with van der Waals surface area (Å²) in [4.78, 5) is 26.1. The minimum Gasteiger partial charge on any atom is -0.353 e. The molecule has 2 atom stereocenters. The van der Waals surface area contributed by atoms with Crippen molar-refractivity contribution in [2.24, 2.45) is 5.84 Å². The van der Waals surface area contributed by atoms with Gasteiger partial charge in [-0.2, -0.15) is 0 Å². The normalized spacial score (nSPS) is 20.7. The van der Waals surface area contributed by atoms with Crippen molar-refractivity contribution < 1.29 is 9.59 Å². The second-order valence-corrected chi connectivity index (χ2v) is 5.18. The third kappa shape index (κ3) is 3.59. The van der Waals surface area contributed by atoms with Crippen LogP contribution in [0, 0.1) is 0 Å². The van der Waals surface area contributed by atoms with Gasteiger partial charge in [0.1, 0.15) is 0 Å². The Kier molecular flexibility index (Phi) is 5.30. The Morgan fingerprint density at radius 2 is 2.19 bits per heavy atom. The maximum atomic E-state index is 12.1. The molecule has 1 saturated heterocycles. The molecule has 1 heterocycles. The number of nitrogens with one attached hydrogen (secondary N) is 2. The molecule has 0 spiro atoms. The van der Waals surface area contributed by atoms with Crippen molar-refractivity contribution in [3.05, 3.63) is 35.9 Å². The fraction of sp³-hybridized carbons (Fsp3) is 0.467. The van der Waals surface area contributed by atoms with E-state index in [1.807, 2.05) is 37.3 Å². The lowest BCUT2D eigenvalue weighted by Gasteiger charge is -2.36. The van der Waals surface area contributed by atoms with E-state index in [1.165, 1.54) is 0 Å². The number of amides is 2. The number of hydrazine groups is 1. The fourth-order valence-corrected chi connectivity index (χ4v) is 2.78. The molecule has 2 amide bonds. The number of nitrogens with two attached hydrogens (primary N) is 1. The Morgan fingerprint density at radius 3 is 2.81 bits per heavy atom. The van der Waals surface area contributed by atoms with Crippen molar-refractivity contribution in [3.8, 4) is 0 Å². The van der Waals surface area contributed by atoms with Crippen LogP contribution < -0.4 is 16.6 Å². The van der Waals surface area contributed by atoms with Crippen LogP contribution in [0.15, 0.2) is 30.3 Å². The summed E-state index contributed by atoms with van der Waals surface area (Å²) >= 11 is 0. The van der Waals surface area contributed by atoms with Crippen LogP contribution in [-0.4, -0.2) is 42.4 Å².